The fourth-order valence-electron chi connectivity index (χ4n) is 2.95. The van der Waals surface area contributed by atoms with E-state index < -0.39 is 5.60 Å². The van der Waals surface area contributed by atoms with E-state index in [1.54, 1.807) is 11.0 Å². The summed E-state index contributed by atoms with van der Waals surface area (Å²) in [7, 11) is 0. The van der Waals surface area contributed by atoms with Crippen LogP contribution in [-0.4, -0.2) is 64.6 Å². The van der Waals surface area contributed by atoms with Gasteiger partial charge in [0.1, 0.15) is 11.4 Å². The number of nitrogens with one attached hydrogen (secondary N) is 1. The van der Waals surface area contributed by atoms with Crippen molar-refractivity contribution < 1.29 is 18.7 Å². The zero-order valence-corrected chi connectivity index (χ0v) is 17.3. The second-order valence-corrected chi connectivity index (χ2v) is 8.83. The average Bonchev–Trinajstić information content (AvgIpc) is 3.01. The van der Waals surface area contributed by atoms with Crippen molar-refractivity contribution in [2.75, 3.05) is 31.5 Å². The van der Waals surface area contributed by atoms with Crippen LogP contribution in [0.2, 0.25) is 0 Å². The minimum Gasteiger partial charge on any atom is -0.444 e. The van der Waals surface area contributed by atoms with Gasteiger partial charge in [-0.15, -0.1) is 0 Å². The Kier molecular flexibility index (Phi) is 5.85. The summed E-state index contributed by atoms with van der Waals surface area (Å²) >= 11 is 1.24. The van der Waals surface area contributed by atoms with E-state index in [-0.39, 0.29) is 23.9 Å². The van der Waals surface area contributed by atoms with Crippen molar-refractivity contribution in [3.63, 3.8) is 0 Å². The zero-order chi connectivity index (χ0) is 20.5. The number of halogens is 1. The smallest absolute Gasteiger partial charge is 0.410 e. The molecule has 1 N–H and O–H groups in total. The van der Waals surface area contributed by atoms with Crippen LogP contribution in [0.15, 0.2) is 18.2 Å². The molecule has 0 saturated carbocycles. The number of hydrogen-bond donors (Lipinski definition) is 1. The second kappa shape index (κ2) is 8.00. The molecule has 1 atom stereocenters. The van der Waals surface area contributed by atoms with E-state index in [2.05, 4.69) is 10.3 Å². The number of nitrogens with zero attached hydrogens (tertiary/aromatic N) is 3. The molecule has 1 aromatic heterocycles. The van der Waals surface area contributed by atoms with Crippen molar-refractivity contribution in [1.82, 2.24) is 14.8 Å². The second-order valence-electron chi connectivity index (χ2n) is 7.80. The van der Waals surface area contributed by atoms with Crippen LogP contribution < -0.4 is 5.32 Å². The van der Waals surface area contributed by atoms with Crippen LogP contribution in [0.25, 0.3) is 10.2 Å². The van der Waals surface area contributed by atoms with Crippen LogP contribution in [0.1, 0.15) is 27.7 Å². The molecule has 2 heterocycles. The summed E-state index contributed by atoms with van der Waals surface area (Å²) in [5.74, 6) is -0.504. The fraction of sp³-hybridized carbons (Fsp3) is 0.526. The van der Waals surface area contributed by atoms with E-state index in [1.165, 1.54) is 23.5 Å². The Morgan fingerprint density at radius 1 is 1.25 bits per heavy atom. The maximum atomic E-state index is 13.3. The van der Waals surface area contributed by atoms with Crippen molar-refractivity contribution in [3.05, 3.63) is 24.0 Å². The predicted molar refractivity (Wildman–Crippen MR) is 107 cm³/mol. The van der Waals surface area contributed by atoms with Gasteiger partial charge in [0.05, 0.1) is 16.3 Å². The minimum absolute atomic E-state index is 0.176. The van der Waals surface area contributed by atoms with Crippen molar-refractivity contribution in [3.8, 4) is 0 Å². The number of carbonyl (C=O) groups is 2. The number of rotatable bonds is 3. The Morgan fingerprint density at radius 2 is 1.93 bits per heavy atom. The number of aromatic nitrogens is 1. The maximum absolute atomic E-state index is 13.3. The first-order valence-electron chi connectivity index (χ1n) is 9.21. The van der Waals surface area contributed by atoms with Gasteiger partial charge in [-0.1, -0.05) is 11.3 Å². The molecule has 2 amide bonds. The first-order valence-corrected chi connectivity index (χ1v) is 10.0. The summed E-state index contributed by atoms with van der Waals surface area (Å²) in [6.45, 7) is 9.51. The molecular formula is C19H25FN4O3S. The molecule has 7 nitrogen and oxygen atoms in total. The van der Waals surface area contributed by atoms with Gasteiger partial charge < -0.3 is 15.0 Å². The van der Waals surface area contributed by atoms with E-state index in [0.29, 0.717) is 41.5 Å². The maximum Gasteiger partial charge on any atom is 0.410 e. The monoisotopic (exact) mass is 408 g/mol. The van der Waals surface area contributed by atoms with Crippen molar-refractivity contribution in [1.29, 1.82) is 0 Å². The van der Waals surface area contributed by atoms with Gasteiger partial charge in [-0.25, -0.2) is 14.2 Å². The lowest BCUT2D eigenvalue weighted by atomic mass is 10.2. The van der Waals surface area contributed by atoms with Crippen molar-refractivity contribution in [2.45, 2.75) is 39.3 Å². The van der Waals surface area contributed by atoms with Crippen LogP contribution in [0.4, 0.5) is 14.3 Å². The fourth-order valence-corrected chi connectivity index (χ4v) is 3.84. The van der Waals surface area contributed by atoms with Gasteiger partial charge in [0, 0.05) is 26.2 Å². The summed E-state index contributed by atoms with van der Waals surface area (Å²) in [6.07, 6.45) is -0.328. The molecule has 1 aliphatic heterocycles. The molecule has 0 spiro atoms. The molecule has 0 radical (unpaired) electrons. The average molecular weight is 408 g/mol. The van der Waals surface area contributed by atoms with Gasteiger partial charge in [0.25, 0.3) is 0 Å². The van der Waals surface area contributed by atoms with Crippen LogP contribution in [-0.2, 0) is 9.53 Å². The third-order valence-electron chi connectivity index (χ3n) is 4.47. The van der Waals surface area contributed by atoms with Crippen molar-refractivity contribution in [2.24, 2.45) is 0 Å². The van der Waals surface area contributed by atoms with E-state index in [9.17, 15) is 14.0 Å². The third-order valence-corrected chi connectivity index (χ3v) is 5.41. The molecule has 2 aromatic rings. The number of hydrogen-bond acceptors (Lipinski definition) is 6. The number of anilines is 1. The Balaban J connectivity index is 1.54. The Hall–Kier alpha value is -2.26. The highest BCUT2D eigenvalue weighted by Gasteiger charge is 2.30. The number of benzene rings is 1. The Labute approximate surface area is 167 Å². The number of ether oxygens (including phenoxy) is 1. The molecule has 1 fully saturated rings. The van der Waals surface area contributed by atoms with E-state index in [1.807, 2.05) is 32.6 Å². The number of piperazine rings is 1. The molecule has 1 aliphatic rings. The van der Waals surface area contributed by atoms with Gasteiger partial charge in [0.15, 0.2) is 5.13 Å². The topological polar surface area (TPSA) is 74.8 Å². The van der Waals surface area contributed by atoms with E-state index >= 15 is 0 Å². The molecule has 1 unspecified atom stereocenters. The highest BCUT2D eigenvalue weighted by Crippen LogP contribution is 2.26. The summed E-state index contributed by atoms with van der Waals surface area (Å²) in [5, 5.41) is 3.26. The number of fused-ring (bicyclic) bond motifs is 1. The van der Waals surface area contributed by atoms with Gasteiger partial charge in [-0.2, -0.15) is 0 Å². The third kappa shape index (κ3) is 4.96. The normalized spacial score (nSPS) is 16.8. The van der Waals surface area contributed by atoms with Crippen LogP contribution in [0.3, 0.4) is 0 Å². The SMILES string of the molecule is CC(C(=O)Nc1nc2ccc(F)cc2s1)N1CCN(C(=O)OC(C)(C)C)CC1. The Bertz CT molecular complexity index is 872. The number of carbonyl (C=O) groups excluding carboxylic acids is 2. The lowest BCUT2D eigenvalue weighted by molar-refractivity contribution is -0.121. The molecule has 0 aliphatic carbocycles. The summed E-state index contributed by atoms with van der Waals surface area (Å²) in [4.78, 5) is 32.7. The van der Waals surface area contributed by atoms with Crippen LogP contribution in [0, 0.1) is 5.82 Å². The molecule has 28 heavy (non-hydrogen) atoms. The molecular weight excluding hydrogens is 383 g/mol. The van der Waals surface area contributed by atoms with Gasteiger partial charge in [-0.05, 0) is 45.9 Å². The zero-order valence-electron chi connectivity index (χ0n) is 16.5. The van der Waals surface area contributed by atoms with Gasteiger partial charge in [-0.3, -0.25) is 9.69 Å². The summed E-state index contributed by atoms with van der Waals surface area (Å²) in [5.41, 5.74) is 0.127. The van der Waals surface area contributed by atoms with Crippen LogP contribution in [0.5, 0.6) is 0 Å². The van der Waals surface area contributed by atoms with E-state index in [0.717, 1.165) is 0 Å². The number of amides is 2. The minimum atomic E-state index is -0.526. The molecule has 1 aromatic carbocycles. The van der Waals surface area contributed by atoms with Crippen LogP contribution >= 0.6 is 11.3 Å². The lowest BCUT2D eigenvalue weighted by Crippen LogP contribution is -2.54. The largest absolute Gasteiger partial charge is 0.444 e. The standard InChI is InChI=1S/C19H25FN4O3S/c1-12(23-7-9-24(10-8-23)18(26)27-19(2,3)4)16(25)22-17-21-14-6-5-13(20)11-15(14)28-17/h5-6,11-12H,7-10H2,1-4H3,(H,21,22,25). The van der Waals surface area contributed by atoms with Gasteiger partial charge in [0.2, 0.25) is 5.91 Å². The quantitative estimate of drug-likeness (QED) is 0.843. The molecule has 3 rings (SSSR count). The number of thiazole rings is 1. The van der Waals surface area contributed by atoms with E-state index in [4.69, 9.17) is 4.74 Å². The Morgan fingerprint density at radius 3 is 2.57 bits per heavy atom. The summed E-state index contributed by atoms with van der Waals surface area (Å²) < 4.78 is 19.4. The molecule has 9 heteroatoms. The molecule has 0 bridgehead atoms. The first-order chi connectivity index (χ1) is 13.1. The first kappa shape index (κ1) is 20.5. The van der Waals surface area contributed by atoms with Crippen molar-refractivity contribution >= 4 is 38.7 Å². The molecule has 152 valence electrons. The lowest BCUT2D eigenvalue weighted by Gasteiger charge is -2.37. The molecule has 1 saturated heterocycles. The van der Waals surface area contributed by atoms with Gasteiger partial charge >= 0.3 is 6.09 Å². The highest BCUT2D eigenvalue weighted by atomic mass is 32.1. The predicted octanol–water partition coefficient (Wildman–Crippen LogP) is 3.32. The summed E-state index contributed by atoms with van der Waals surface area (Å²) in [6, 6.07) is 3.97. The highest BCUT2D eigenvalue weighted by molar-refractivity contribution is 7.22.